The lowest BCUT2D eigenvalue weighted by Gasteiger charge is -2.26. The van der Waals surface area contributed by atoms with Crippen molar-refractivity contribution < 1.29 is 23.7 Å². The van der Waals surface area contributed by atoms with Crippen LogP contribution in [0.5, 0.6) is 17.2 Å². The molecular formula is C19H20N4O5. The Morgan fingerprint density at radius 3 is 2.21 bits per heavy atom. The SMILES string of the molecule is COc1cc([C@H]2[C@@]3(C#N)[C@]4(N=C(N)[C@@]23C#N)OC[C@@H](C)O4)cc(OC)c1OC. The molecule has 0 aromatic heterocycles. The van der Waals surface area contributed by atoms with Gasteiger partial charge in [0, 0.05) is 5.92 Å². The minimum atomic E-state index is -1.61. The number of aliphatic imine (C=N–C) groups is 1. The number of benzene rings is 1. The van der Waals surface area contributed by atoms with Crippen molar-refractivity contribution in [2.24, 2.45) is 21.6 Å². The summed E-state index contributed by atoms with van der Waals surface area (Å²) in [5, 5.41) is 20.3. The van der Waals surface area contributed by atoms with Crippen molar-refractivity contribution in [2.75, 3.05) is 27.9 Å². The first kappa shape index (κ1) is 18.4. The predicted molar refractivity (Wildman–Crippen MR) is 95.8 cm³/mol. The van der Waals surface area contributed by atoms with Gasteiger partial charge in [0.05, 0.1) is 46.2 Å². The lowest BCUT2D eigenvalue weighted by atomic mass is 9.93. The highest BCUT2D eigenvalue weighted by Crippen LogP contribution is 2.82. The minimum absolute atomic E-state index is 0.0319. The third-order valence-corrected chi connectivity index (χ3v) is 5.82. The Hall–Kier alpha value is -3.01. The van der Waals surface area contributed by atoms with E-state index in [0.717, 1.165) is 0 Å². The summed E-state index contributed by atoms with van der Waals surface area (Å²) in [6.45, 7) is 2.07. The third kappa shape index (κ3) is 1.78. The quantitative estimate of drug-likeness (QED) is 0.821. The number of fused-ring (bicyclic) bond motifs is 2. The van der Waals surface area contributed by atoms with E-state index in [2.05, 4.69) is 17.1 Å². The van der Waals surface area contributed by atoms with Crippen LogP contribution >= 0.6 is 0 Å². The van der Waals surface area contributed by atoms with Crippen molar-refractivity contribution in [3.63, 3.8) is 0 Å². The molecule has 0 radical (unpaired) electrons. The zero-order valence-electron chi connectivity index (χ0n) is 16.0. The van der Waals surface area contributed by atoms with Crippen LogP contribution in [0, 0.1) is 33.5 Å². The summed E-state index contributed by atoms with van der Waals surface area (Å²) in [6, 6.07) is 7.91. The van der Waals surface area contributed by atoms with Crippen LogP contribution in [0.25, 0.3) is 0 Å². The summed E-state index contributed by atoms with van der Waals surface area (Å²) < 4.78 is 27.9. The summed E-state index contributed by atoms with van der Waals surface area (Å²) in [6.07, 6.45) is -0.280. The van der Waals surface area contributed by atoms with Gasteiger partial charge in [-0.15, -0.1) is 0 Å². The lowest BCUT2D eigenvalue weighted by molar-refractivity contribution is -0.193. The molecule has 1 aliphatic carbocycles. The number of nitrogens with two attached hydrogens (primary N) is 1. The van der Waals surface area contributed by atoms with E-state index in [4.69, 9.17) is 29.4 Å². The molecule has 1 spiro atoms. The fourth-order valence-corrected chi connectivity index (χ4v) is 4.63. The Balaban J connectivity index is 1.92. The maximum absolute atomic E-state index is 10.2. The standard InChI is InChI=1S/C19H20N4O5/c1-10-7-27-19(28-10)18(9-21)15(17(18,8-20)16(22)23-19)11-5-12(24-2)14(26-4)13(6-11)25-3/h5-6,10,15H,7H2,1-4H3,(H2,22,23)/t10-,15-,17-,18-,19+/m1/s1. The first-order valence-electron chi connectivity index (χ1n) is 8.71. The van der Waals surface area contributed by atoms with Gasteiger partial charge < -0.3 is 29.4 Å². The molecule has 0 amide bonds. The number of ether oxygens (including phenoxy) is 5. The van der Waals surface area contributed by atoms with Gasteiger partial charge in [-0.05, 0) is 24.6 Å². The monoisotopic (exact) mass is 384 g/mol. The molecule has 28 heavy (non-hydrogen) atoms. The van der Waals surface area contributed by atoms with Crippen molar-refractivity contribution in [3.8, 4) is 29.4 Å². The highest BCUT2D eigenvalue weighted by Gasteiger charge is 2.94. The maximum Gasteiger partial charge on any atom is 0.293 e. The van der Waals surface area contributed by atoms with Gasteiger partial charge in [0.25, 0.3) is 5.91 Å². The Labute approximate surface area is 162 Å². The van der Waals surface area contributed by atoms with Crippen molar-refractivity contribution in [1.29, 1.82) is 10.5 Å². The second-order valence-electron chi connectivity index (χ2n) is 7.05. The van der Waals surface area contributed by atoms with Gasteiger partial charge in [0.1, 0.15) is 11.3 Å². The van der Waals surface area contributed by atoms with Crippen LogP contribution in [-0.4, -0.2) is 45.8 Å². The highest BCUT2D eigenvalue weighted by atomic mass is 16.8. The number of nitrogens with zero attached hydrogens (tertiary/aromatic N) is 3. The second kappa shape index (κ2) is 5.74. The molecule has 9 heteroatoms. The highest BCUT2D eigenvalue weighted by molar-refractivity contribution is 6.00. The van der Waals surface area contributed by atoms with E-state index >= 15 is 0 Å². The van der Waals surface area contributed by atoms with Crippen LogP contribution in [0.4, 0.5) is 0 Å². The van der Waals surface area contributed by atoms with Crippen LogP contribution in [0.15, 0.2) is 17.1 Å². The fourth-order valence-electron chi connectivity index (χ4n) is 4.63. The van der Waals surface area contributed by atoms with Gasteiger partial charge in [-0.25, -0.2) is 4.99 Å². The number of rotatable bonds is 4. The summed E-state index contributed by atoms with van der Waals surface area (Å²) in [5.74, 6) is -0.972. The number of hydrogen-bond donors (Lipinski definition) is 1. The molecule has 2 heterocycles. The summed E-state index contributed by atoms with van der Waals surface area (Å²) >= 11 is 0. The van der Waals surface area contributed by atoms with Crippen molar-refractivity contribution in [2.45, 2.75) is 24.9 Å². The molecular weight excluding hydrogens is 364 g/mol. The average Bonchev–Trinajstić information content (AvgIpc) is 3.10. The molecule has 2 aliphatic heterocycles. The molecule has 146 valence electrons. The van der Waals surface area contributed by atoms with Gasteiger partial charge in [0.15, 0.2) is 16.9 Å². The molecule has 0 unspecified atom stereocenters. The molecule has 4 rings (SSSR count). The Bertz CT molecular complexity index is 941. The van der Waals surface area contributed by atoms with Crippen LogP contribution < -0.4 is 19.9 Å². The fraction of sp³-hybridized carbons (Fsp3) is 0.526. The van der Waals surface area contributed by atoms with E-state index in [-0.39, 0.29) is 18.5 Å². The number of nitriles is 2. The molecule has 9 nitrogen and oxygen atoms in total. The largest absolute Gasteiger partial charge is 0.493 e. The van der Waals surface area contributed by atoms with Crippen molar-refractivity contribution >= 4 is 5.84 Å². The van der Waals surface area contributed by atoms with Crippen molar-refractivity contribution in [3.05, 3.63) is 17.7 Å². The molecule has 5 atom stereocenters. The molecule has 2 N–H and O–H groups in total. The normalized spacial score (nSPS) is 37.6. The Kier molecular flexibility index (Phi) is 3.76. The molecule has 2 fully saturated rings. The average molecular weight is 384 g/mol. The predicted octanol–water partition coefficient (Wildman–Crippen LogP) is 1.29. The molecule has 1 saturated carbocycles. The Morgan fingerprint density at radius 1 is 1.14 bits per heavy atom. The summed E-state index contributed by atoms with van der Waals surface area (Å²) in [7, 11) is 4.49. The zero-order valence-corrected chi connectivity index (χ0v) is 16.0. The lowest BCUT2D eigenvalue weighted by Crippen LogP contribution is -2.39. The van der Waals surface area contributed by atoms with E-state index in [1.807, 2.05) is 6.92 Å². The van der Waals surface area contributed by atoms with Crippen LogP contribution in [-0.2, 0) is 9.47 Å². The first-order chi connectivity index (χ1) is 13.4. The topological polar surface area (TPSA) is 132 Å². The third-order valence-electron chi connectivity index (χ3n) is 5.82. The first-order valence-corrected chi connectivity index (χ1v) is 8.71. The second-order valence-corrected chi connectivity index (χ2v) is 7.05. The van der Waals surface area contributed by atoms with E-state index in [9.17, 15) is 10.5 Å². The number of methoxy groups -OCH3 is 3. The molecule has 1 aromatic rings. The molecule has 3 aliphatic rings. The van der Waals surface area contributed by atoms with Gasteiger partial charge >= 0.3 is 0 Å². The van der Waals surface area contributed by atoms with Gasteiger partial charge in [-0.2, -0.15) is 10.5 Å². The van der Waals surface area contributed by atoms with E-state index in [1.165, 1.54) is 21.3 Å². The minimum Gasteiger partial charge on any atom is -0.493 e. The van der Waals surface area contributed by atoms with Crippen LogP contribution in [0.2, 0.25) is 0 Å². The maximum atomic E-state index is 10.2. The smallest absolute Gasteiger partial charge is 0.293 e. The van der Waals surface area contributed by atoms with Crippen LogP contribution in [0.1, 0.15) is 18.4 Å². The molecule has 1 saturated heterocycles. The molecule has 0 bridgehead atoms. The zero-order chi connectivity index (χ0) is 20.3. The van der Waals surface area contributed by atoms with E-state index < -0.39 is 22.7 Å². The van der Waals surface area contributed by atoms with E-state index in [0.29, 0.717) is 22.8 Å². The summed E-state index contributed by atoms with van der Waals surface area (Å²) in [5.41, 5.74) is 4.03. The number of amidine groups is 1. The number of hydrogen-bond acceptors (Lipinski definition) is 9. The van der Waals surface area contributed by atoms with Gasteiger partial charge in [0.2, 0.25) is 5.75 Å². The van der Waals surface area contributed by atoms with Crippen LogP contribution in [0.3, 0.4) is 0 Å². The molecule has 1 aromatic carbocycles. The summed E-state index contributed by atoms with van der Waals surface area (Å²) in [4.78, 5) is 4.30. The van der Waals surface area contributed by atoms with E-state index in [1.54, 1.807) is 12.1 Å². The Morgan fingerprint density at radius 2 is 1.79 bits per heavy atom. The van der Waals surface area contributed by atoms with Gasteiger partial charge in [-0.1, -0.05) is 0 Å². The van der Waals surface area contributed by atoms with Crippen molar-refractivity contribution in [1.82, 2.24) is 0 Å². The van der Waals surface area contributed by atoms with Gasteiger partial charge in [-0.3, -0.25) is 0 Å².